The number of hydrogen-bond acceptors (Lipinski definition) is 10. The minimum absolute atomic E-state index is 0.00422. The van der Waals surface area contributed by atoms with E-state index in [1.165, 1.54) is 13.0 Å². The van der Waals surface area contributed by atoms with Gasteiger partial charge in [-0.3, -0.25) is 19.2 Å². The lowest BCUT2D eigenvalue weighted by atomic mass is 9.98. The highest BCUT2D eigenvalue weighted by atomic mass is 16.6. The molecule has 3 unspecified atom stereocenters. The van der Waals surface area contributed by atoms with Crippen LogP contribution in [0.5, 0.6) is 0 Å². The molecule has 3 atom stereocenters. The summed E-state index contributed by atoms with van der Waals surface area (Å²) in [5.74, 6) is -4.32. The fourth-order valence-corrected chi connectivity index (χ4v) is 5.24. The third-order valence-electron chi connectivity index (χ3n) is 7.76. The summed E-state index contributed by atoms with van der Waals surface area (Å²) in [6.07, 6.45) is -0.00742. The molecule has 0 aliphatic heterocycles. The molecule has 2 aromatic rings. The van der Waals surface area contributed by atoms with E-state index >= 15 is 0 Å². The highest BCUT2D eigenvalue weighted by Crippen LogP contribution is 2.44. The molecular weight excluding hydrogens is 636 g/mol. The minimum atomic E-state index is -1.44. The Morgan fingerprint density at radius 2 is 1.47 bits per heavy atom. The molecule has 49 heavy (non-hydrogen) atoms. The molecule has 14 heteroatoms. The Morgan fingerprint density at radius 3 is 2.04 bits per heavy atom. The standard InChI is InChI=1S/C35H42N4O10/c1-5-17-48-34(45)28(16-15-21(3)40)38-33(44)27(6-2)37-30(41)19-36-32(43)29(18-31(42)47-4)39-35(46)49-20-26-24-13-9-7-11-22(24)23-12-8-10-14-25(23)26/h5,7-14,26-29H,1,6,15-20H2,2-4H3,(H,36,43)(H,37,41)(H,38,44)(H,39,46). The first-order valence-corrected chi connectivity index (χ1v) is 15.8. The number of amides is 4. The number of ether oxygens (including phenoxy) is 3. The predicted octanol–water partition coefficient (Wildman–Crippen LogP) is 2.05. The van der Waals surface area contributed by atoms with Crippen LogP contribution < -0.4 is 21.3 Å². The topological polar surface area (TPSA) is 195 Å². The fraction of sp³-hybridized carbons (Fsp3) is 0.400. The molecule has 262 valence electrons. The summed E-state index contributed by atoms with van der Waals surface area (Å²) in [5, 5.41) is 9.68. The third-order valence-corrected chi connectivity index (χ3v) is 7.76. The zero-order valence-corrected chi connectivity index (χ0v) is 27.7. The van der Waals surface area contributed by atoms with Gasteiger partial charge in [-0.2, -0.15) is 0 Å². The number of benzene rings is 2. The highest BCUT2D eigenvalue weighted by molar-refractivity contribution is 5.94. The summed E-state index contributed by atoms with van der Waals surface area (Å²) < 4.78 is 15.2. The van der Waals surface area contributed by atoms with E-state index in [-0.39, 0.29) is 44.2 Å². The number of methoxy groups -OCH3 is 1. The van der Waals surface area contributed by atoms with Crippen molar-refractivity contribution in [2.24, 2.45) is 0 Å². The lowest BCUT2D eigenvalue weighted by Crippen LogP contribution is -2.54. The van der Waals surface area contributed by atoms with Gasteiger partial charge in [0.05, 0.1) is 20.1 Å². The Morgan fingerprint density at radius 1 is 0.837 bits per heavy atom. The van der Waals surface area contributed by atoms with Gasteiger partial charge in [-0.25, -0.2) is 9.59 Å². The number of nitrogens with one attached hydrogen (secondary N) is 4. The number of carbonyl (C=O) groups excluding carboxylic acids is 7. The molecule has 0 spiro atoms. The minimum Gasteiger partial charge on any atom is -0.469 e. The molecule has 0 radical (unpaired) electrons. The summed E-state index contributed by atoms with van der Waals surface area (Å²) in [5.41, 5.74) is 4.05. The van der Waals surface area contributed by atoms with E-state index in [0.717, 1.165) is 29.4 Å². The van der Waals surface area contributed by atoms with E-state index in [2.05, 4.69) is 32.6 Å². The fourth-order valence-electron chi connectivity index (χ4n) is 5.24. The zero-order valence-electron chi connectivity index (χ0n) is 27.7. The molecule has 0 aromatic heterocycles. The summed E-state index contributed by atoms with van der Waals surface area (Å²) in [7, 11) is 1.12. The summed E-state index contributed by atoms with van der Waals surface area (Å²) in [6, 6.07) is 11.9. The average Bonchev–Trinajstić information content (AvgIpc) is 3.42. The first-order valence-electron chi connectivity index (χ1n) is 15.8. The highest BCUT2D eigenvalue weighted by Gasteiger charge is 2.31. The summed E-state index contributed by atoms with van der Waals surface area (Å²) >= 11 is 0. The molecule has 2 aromatic carbocycles. The smallest absolute Gasteiger partial charge is 0.407 e. The van der Waals surface area contributed by atoms with Crippen LogP contribution in [0.4, 0.5) is 4.79 Å². The summed E-state index contributed by atoms with van der Waals surface area (Å²) in [4.78, 5) is 87.4. The van der Waals surface area contributed by atoms with E-state index in [1.807, 2.05) is 48.5 Å². The quantitative estimate of drug-likeness (QED) is 0.103. The van der Waals surface area contributed by atoms with Gasteiger partial charge in [0.15, 0.2) is 0 Å². The van der Waals surface area contributed by atoms with E-state index in [1.54, 1.807) is 6.92 Å². The maximum absolute atomic E-state index is 13.0. The van der Waals surface area contributed by atoms with Gasteiger partial charge in [-0.1, -0.05) is 68.1 Å². The molecule has 0 fully saturated rings. The van der Waals surface area contributed by atoms with E-state index in [4.69, 9.17) is 9.47 Å². The van der Waals surface area contributed by atoms with Gasteiger partial charge in [-0.05, 0) is 42.0 Å². The molecule has 14 nitrogen and oxygen atoms in total. The molecule has 0 saturated heterocycles. The van der Waals surface area contributed by atoms with Crippen LogP contribution in [-0.2, 0) is 43.0 Å². The maximum atomic E-state index is 13.0. The van der Waals surface area contributed by atoms with Gasteiger partial charge in [-0.15, -0.1) is 0 Å². The number of rotatable bonds is 18. The Hall–Kier alpha value is -5.53. The van der Waals surface area contributed by atoms with Gasteiger partial charge in [0.25, 0.3) is 0 Å². The molecule has 1 aliphatic rings. The monoisotopic (exact) mass is 678 g/mol. The Bertz CT molecular complexity index is 1510. The number of carbonyl (C=O) groups is 7. The lowest BCUT2D eigenvalue weighted by Gasteiger charge is -2.22. The van der Waals surface area contributed by atoms with E-state index in [0.29, 0.717) is 0 Å². The SMILES string of the molecule is C=CCOC(=O)C(CCC(C)=O)NC(=O)C(CC)NC(=O)CNC(=O)C(CC(=O)OC)NC(=O)OCC1c2ccccc2-c2ccccc21. The van der Waals surface area contributed by atoms with Crippen molar-refractivity contribution < 1.29 is 47.8 Å². The van der Waals surface area contributed by atoms with E-state index < -0.39 is 66.8 Å². The number of esters is 2. The van der Waals surface area contributed by atoms with Crippen molar-refractivity contribution >= 4 is 41.5 Å². The Labute approximate surface area is 284 Å². The van der Waals surface area contributed by atoms with Crippen LogP contribution >= 0.6 is 0 Å². The van der Waals surface area contributed by atoms with Crippen molar-refractivity contribution in [2.75, 3.05) is 26.9 Å². The van der Waals surface area contributed by atoms with Crippen molar-refractivity contribution in [2.45, 2.75) is 63.6 Å². The number of fused-ring (bicyclic) bond motifs is 3. The first kappa shape index (κ1) is 37.9. The molecule has 0 heterocycles. The van der Waals surface area contributed by atoms with Crippen LogP contribution in [0.15, 0.2) is 61.2 Å². The van der Waals surface area contributed by atoms with Gasteiger partial charge in [0.2, 0.25) is 17.7 Å². The molecule has 0 bridgehead atoms. The second-order valence-electron chi connectivity index (χ2n) is 11.3. The number of alkyl carbamates (subject to hydrolysis) is 1. The van der Waals surface area contributed by atoms with Crippen LogP contribution in [0.25, 0.3) is 11.1 Å². The van der Waals surface area contributed by atoms with Gasteiger partial charge in [0.1, 0.15) is 37.1 Å². The molecular formula is C35H42N4O10. The van der Waals surface area contributed by atoms with Crippen molar-refractivity contribution in [3.63, 3.8) is 0 Å². The van der Waals surface area contributed by atoms with E-state index in [9.17, 15) is 33.6 Å². The Balaban J connectivity index is 1.57. The van der Waals surface area contributed by atoms with Crippen molar-refractivity contribution in [3.8, 4) is 11.1 Å². The number of hydrogen-bond donors (Lipinski definition) is 4. The molecule has 1 aliphatic carbocycles. The predicted molar refractivity (Wildman–Crippen MR) is 177 cm³/mol. The van der Waals surface area contributed by atoms with Gasteiger partial charge >= 0.3 is 18.0 Å². The largest absolute Gasteiger partial charge is 0.469 e. The second kappa shape index (κ2) is 18.7. The number of Topliss-reactive ketones (excluding diaryl/α,β-unsaturated/α-hetero) is 1. The maximum Gasteiger partial charge on any atom is 0.407 e. The van der Waals surface area contributed by atoms with Crippen molar-refractivity contribution in [1.82, 2.24) is 21.3 Å². The van der Waals surface area contributed by atoms with Crippen molar-refractivity contribution in [1.29, 1.82) is 0 Å². The van der Waals surface area contributed by atoms with Gasteiger partial charge < -0.3 is 40.3 Å². The molecule has 4 amide bonds. The third kappa shape index (κ3) is 11.0. The molecule has 3 rings (SSSR count). The van der Waals surface area contributed by atoms with Crippen LogP contribution in [0.3, 0.4) is 0 Å². The first-order chi connectivity index (χ1) is 23.5. The average molecular weight is 679 g/mol. The van der Waals surface area contributed by atoms with Crippen LogP contribution in [0.1, 0.15) is 56.6 Å². The summed E-state index contributed by atoms with van der Waals surface area (Å²) in [6.45, 7) is 5.70. The lowest BCUT2D eigenvalue weighted by molar-refractivity contribution is -0.147. The zero-order chi connectivity index (χ0) is 35.9. The second-order valence-corrected chi connectivity index (χ2v) is 11.3. The normalized spacial score (nSPS) is 13.3. The van der Waals surface area contributed by atoms with Crippen molar-refractivity contribution in [3.05, 3.63) is 72.3 Å². The van der Waals surface area contributed by atoms with Gasteiger partial charge in [0, 0.05) is 12.3 Å². The van der Waals surface area contributed by atoms with Crippen LogP contribution in [0.2, 0.25) is 0 Å². The van der Waals surface area contributed by atoms with Crippen LogP contribution in [-0.4, -0.2) is 86.5 Å². The molecule has 0 saturated carbocycles. The Kier molecular flexibility index (Phi) is 14.5. The van der Waals surface area contributed by atoms with Crippen LogP contribution in [0, 0.1) is 0 Å². The number of ketones is 1. The molecule has 4 N–H and O–H groups in total.